The molecule has 0 fully saturated rings. The van der Waals surface area contributed by atoms with Gasteiger partial charge in [0.25, 0.3) is 0 Å². The van der Waals surface area contributed by atoms with Crippen LogP contribution in [0, 0.1) is 6.92 Å². The topological polar surface area (TPSA) is 94.0 Å². The molecule has 2 aromatic rings. The molecule has 2 aromatic heterocycles. The number of carboxylic acids is 1. The van der Waals surface area contributed by atoms with Gasteiger partial charge in [0.05, 0.1) is 11.8 Å². The third kappa shape index (κ3) is 1.68. The van der Waals surface area contributed by atoms with Crippen LogP contribution in [0.1, 0.15) is 26.0 Å². The zero-order valence-electron chi connectivity index (χ0n) is 10.4. The highest BCUT2D eigenvalue weighted by Crippen LogP contribution is 2.28. The summed E-state index contributed by atoms with van der Waals surface area (Å²) in [5.74, 6) is 0.0718. The standard InChI is InChI=1S/C11H14N4O3/c1-4-11(3,10(16)17)15-9(12-13-14-15)8-5-6-18-7(8)2/h5-6H,4H2,1-3H3,(H,16,17). The second-order valence-corrected chi connectivity index (χ2v) is 4.24. The van der Waals surface area contributed by atoms with Gasteiger partial charge in [-0.3, -0.25) is 0 Å². The van der Waals surface area contributed by atoms with Crippen molar-refractivity contribution in [2.75, 3.05) is 0 Å². The Labute approximate surface area is 103 Å². The molecule has 1 unspecified atom stereocenters. The summed E-state index contributed by atoms with van der Waals surface area (Å²) >= 11 is 0. The largest absolute Gasteiger partial charge is 0.479 e. The van der Waals surface area contributed by atoms with Gasteiger partial charge in [0, 0.05) is 0 Å². The molecule has 96 valence electrons. The van der Waals surface area contributed by atoms with Gasteiger partial charge in [0.15, 0.2) is 11.4 Å². The molecule has 0 bridgehead atoms. The summed E-state index contributed by atoms with van der Waals surface area (Å²) in [5, 5.41) is 20.6. The van der Waals surface area contributed by atoms with Crippen LogP contribution in [0.25, 0.3) is 11.4 Å². The Morgan fingerprint density at radius 2 is 2.33 bits per heavy atom. The van der Waals surface area contributed by atoms with E-state index in [1.54, 1.807) is 26.8 Å². The van der Waals surface area contributed by atoms with Crippen LogP contribution in [0.15, 0.2) is 16.7 Å². The summed E-state index contributed by atoms with van der Waals surface area (Å²) in [6.07, 6.45) is 1.89. The zero-order valence-corrected chi connectivity index (χ0v) is 10.4. The third-order valence-electron chi connectivity index (χ3n) is 3.19. The number of aromatic nitrogens is 4. The Hall–Kier alpha value is -2.18. The Kier molecular flexibility index (Phi) is 2.90. The van der Waals surface area contributed by atoms with Crippen LogP contribution in [0.4, 0.5) is 0 Å². The molecule has 0 aliphatic carbocycles. The first-order valence-electron chi connectivity index (χ1n) is 5.57. The van der Waals surface area contributed by atoms with E-state index in [0.717, 1.165) is 0 Å². The summed E-state index contributed by atoms with van der Waals surface area (Å²) in [6.45, 7) is 5.14. The minimum atomic E-state index is -1.18. The second kappa shape index (κ2) is 4.25. The normalized spacial score (nSPS) is 14.4. The summed E-state index contributed by atoms with van der Waals surface area (Å²) < 4.78 is 6.52. The van der Waals surface area contributed by atoms with E-state index in [4.69, 9.17) is 4.42 Å². The van der Waals surface area contributed by atoms with Gasteiger partial charge in [0.1, 0.15) is 5.76 Å². The van der Waals surface area contributed by atoms with Crippen LogP contribution in [0.3, 0.4) is 0 Å². The van der Waals surface area contributed by atoms with Gasteiger partial charge in [0.2, 0.25) is 0 Å². The van der Waals surface area contributed by atoms with Crippen molar-refractivity contribution in [2.45, 2.75) is 32.7 Å². The number of carboxylic acid groups (broad SMARTS) is 1. The van der Waals surface area contributed by atoms with E-state index in [9.17, 15) is 9.90 Å². The maximum atomic E-state index is 11.4. The number of nitrogens with zero attached hydrogens (tertiary/aromatic N) is 4. The zero-order chi connectivity index (χ0) is 13.3. The number of furan rings is 1. The molecule has 0 saturated carbocycles. The molecule has 0 aliphatic heterocycles. The van der Waals surface area contributed by atoms with Crippen molar-refractivity contribution in [3.8, 4) is 11.4 Å². The molecule has 2 heterocycles. The first kappa shape index (κ1) is 12.3. The van der Waals surface area contributed by atoms with Crippen molar-refractivity contribution < 1.29 is 14.3 Å². The fourth-order valence-corrected chi connectivity index (χ4v) is 1.70. The lowest BCUT2D eigenvalue weighted by Gasteiger charge is -2.23. The maximum Gasteiger partial charge on any atom is 0.331 e. The van der Waals surface area contributed by atoms with E-state index in [0.29, 0.717) is 23.6 Å². The Balaban J connectivity index is 2.58. The highest BCUT2D eigenvalue weighted by Gasteiger charge is 2.37. The van der Waals surface area contributed by atoms with Crippen LogP contribution >= 0.6 is 0 Å². The van der Waals surface area contributed by atoms with E-state index >= 15 is 0 Å². The van der Waals surface area contributed by atoms with Crippen molar-refractivity contribution in [2.24, 2.45) is 0 Å². The van der Waals surface area contributed by atoms with E-state index in [-0.39, 0.29) is 0 Å². The highest BCUT2D eigenvalue weighted by molar-refractivity contribution is 5.77. The quantitative estimate of drug-likeness (QED) is 0.882. The van der Waals surface area contributed by atoms with Crippen LogP contribution < -0.4 is 0 Å². The number of hydrogen-bond donors (Lipinski definition) is 1. The summed E-state index contributed by atoms with van der Waals surface area (Å²) in [5.41, 5.74) is -0.483. The minimum Gasteiger partial charge on any atom is -0.479 e. The molecule has 7 heteroatoms. The minimum absolute atomic E-state index is 0.372. The van der Waals surface area contributed by atoms with Gasteiger partial charge in [-0.05, 0) is 36.8 Å². The number of rotatable bonds is 4. The number of carbonyl (C=O) groups is 1. The molecule has 0 aliphatic rings. The Morgan fingerprint density at radius 1 is 1.61 bits per heavy atom. The predicted molar refractivity (Wildman–Crippen MR) is 61.8 cm³/mol. The van der Waals surface area contributed by atoms with Gasteiger partial charge in [-0.1, -0.05) is 6.92 Å². The fraction of sp³-hybridized carbons (Fsp3) is 0.455. The maximum absolute atomic E-state index is 11.4. The molecule has 0 amide bonds. The van der Waals surface area contributed by atoms with Gasteiger partial charge >= 0.3 is 5.97 Å². The van der Waals surface area contributed by atoms with Crippen LogP contribution in [-0.2, 0) is 10.3 Å². The van der Waals surface area contributed by atoms with Gasteiger partial charge < -0.3 is 9.52 Å². The van der Waals surface area contributed by atoms with Crippen LogP contribution in [0.5, 0.6) is 0 Å². The lowest BCUT2D eigenvalue weighted by Crippen LogP contribution is -2.39. The monoisotopic (exact) mass is 250 g/mol. The Bertz CT molecular complexity index is 574. The predicted octanol–water partition coefficient (Wildman–Crippen LogP) is 1.45. The first-order valence-corrected chi connectivity index (χ1v) is 5.57. The molecule has 7 nitrogen and oxygen atoms in total. The summed E-state index contributed by atoms with van der Waals surface area (Å²) in [4.78, 5) is 11.4. The van der Waals surface area contributed by atoms with Crippen molar-refractivity contribution in [1.82, 2.24) is 20.2 Å². The van der Waals surface area contributed by atoms with Crippen LogP contribution in [-0.4, -0.2) is 31.3 Å². The number of tetrazole rings is 1. The van der Waals surface area contributed by atoms with Gasteiger partial charge in [-0.25, -0.2) is 9.48 Å². The average Bonchev–Trinajstić information content (AvgIpc) is 2.95. The van der Waals surface area contributed by atoms with Crippen molar-refractivity contribution in [3.63, 3.8) is 0 Å². The van der Waals surface area contributed by atoms with Gasteiger partial charge in [-0.2, -0.15) is 0 Å². The summed E-state index contributed by atoms with van der Waals surface area (Å²) in [7, 11) is 0. The van der Waals surface area contributed by atoms with E-state index < -0.39 is 11.5 Å². The third-order valence-corrected chi connectivity index (χ3v) is 3.19. The first-order chi connectivity index (χ1) is 8.50. The fourth-order valence-electron chi connectivity index (χ4n) is 1.70. The smallest absolute Gasteiger partial charge is 0.331 e. The average molecular weight is 250 g/mol. The molecule has 0 aromatic carbocycles. The molecule has 0 radical (unpaired) electrons. The summed E-state index contributed by atoms with van der Waals surface area (Å²) in [6, 6.07) is 1.72. The van der Waals surface area contributed by atoms with E-state index in [1.165, 1.54) is 10.9 Å². The number of aryl methyl sites for hydroxylation is 1. The molecule has 18 heavy (non-hydrogen) atoms. The van der Waals surface area contributed by atoms with Gasteiger partial charge in [-0.15, -0.1) is 5.10 Å². The van der Waals surface area contributed by atoms with E-state index in [2.05, 4.69) is 15.5 Å². The molecule has 0 saturated heterocycles. The van der Waals surface area contributed by atoms with Crippen molar-refractivity contribution in [3.05, 3.63) is 18.1 Å². The SMILES string of the molecule is CCC(C)(C(=O)O)n1nnnc1-c1ccoc1C. The Morgan fingerprint density at radius 3 is 2.83 bits per heavy atom. The van der Waals surface area contributed by atoms with Crippen LogP contribution in [0.2, 0.25) is 0 Å². The molecule has 2 rings (SSSR count). The number of aliphatic carboxylic acids is 1. The van der Waals surface area contributed by atoms with E-state index in [1.807, 2.05) is 0 Å². The van der Waals surface area contributed by atoms with Crippen molar-refractivity contribution in [1.29, 1.82) is 0 Å². The molecule has 0 spiro atoms. The highest BCUT2D eigenvalue weighted by atomic mass is 16.4. The number of hydrogen-bond acceptors (Lipinski definition) is 5. The molecule has 1 atom stereocenters. The van der Waals surface area contributed by atoms with Crippen molar-refractivity contribution >= 4 is 5.97 Å². The lowest BCUT2D eigenvalue weighted by atomic mass is 9.99. The molecule has 1 N–H and O–H groups in total. The second-order valence-electron chi connectivity index (χ2n) is 4.24. The molecular formula is C11H14N4O3. The molecular weight excluding hydrogens is 236 g/mol. The lowest BCUT2D eigenvalue weighted by molar-refractivity contribution is -0.147.